The molecule has 0 aliphatic heterocycles. The fourth-order valence-corrected chi connectivity index (χ4v) is 2.29. The first-order chi connectivity index (χ1) is 8.60. The standard InChI is InChI=1S/C16H28N2/c1-4-18(16(2,3)14-17)13-9-8-12-15-10-6-5-7-11-15/h5-7,10-11H,4,8-9,12-14,17H2,1-3H3. The van der Waals surface area contributed by atoms with E-state index in [9.17, 15) is 0 Å². The lowest BCUT2D eigenvalue weighted by atomic mass is 10.0. The Morgan fingerprint density at radius 2 is 1.78 bits per heavy atom. The van der Waals surface area contributed by atoms with Crippen LogP contribution in [0.5, 0.6) is 0 Å². The van der Waals surface area contributed by atoms with Crippen LogP contribution in [0.15, 0.2) is 30.3 Å². The Labute approximate surface area is 112 Å². The molecule has 0 aliphatic carbocycles. The highest BCUT2D eigenvalue weighted by Crippen LogP contribution is 2.14. The normalized spacial score (nSPS) is 12.1. The minimum absolute atomic E-state index is 0.126. The van der Waals surface area contributed by atoms with Crippen molar-refractivity contribution in [3.8, 4) is 0 Å². The van der Waals surface area contributed by atoms with Crippen LogP contribution in [0.3, 0.4) is 0 Å². The van der Waals surface area contributed by atoms with Crippen molar-refractivity contribution < 1.29 is 0 Å². The van der Waals surface area contributed by atoms with E-state index in [0.717, 1.165) is 19.6 Å². The van der Waals surface area contributed by atoms with Gasteiger partial charge >= 0.3 is 0 Å². The average Bonchev–Trinajstić information content (AvgIpc) is 2.39. The summed E-state index contributed by atoms with van der Waals surface area (Å²) in [4.78, 5) is 2.48. The topological polar surface area (TPSA) is 29.3 Å². The van der Waals surface area contributed by atoms with Crippen molar-refractivity contribution in [3.05, 3.63) is 35.9 Å². The van der Waals surface area contributed by atoms with E-state index >= 15 is 0 Å². The van der Waals surface area contributed by atoms with Crippen molar-refractivity contribution in [1.82, 2.24) is 4.90 Å². The van der Waals surface area contributed by atoms with Gasteiger partial charge in [0, 0.05) is 12.1 Å². The molecule has 0 spiro atoms. The Morgan fingerprint density at radius 1 is 1.11 bits per heavy atom. The molecule has 2 N–H and O–H groups in total. The lowest BCUT2D eigenvalue weighted by Gasteiger charge is -2.37. The fourth-order valence-electron chi connectivity index (χ4n) is 2.29. The largest absolute Gasteiger partial charge is 0.329 e. The summed E-state index contributed by atoms with van der Waals surface area (Å²) >= 11 is 0. The van der Waals surface area contributed by atoms with Crippen molar-refractivity contribution >= 4 is 0 Å². The number of likely N-dealkylation sites (N-methyl/N-ethyl adjacent to an activating group) is 1. The molecule has 0 amide bonds. The molecule has 0 radical (unpaired) electrons. The first-order valence-corrected chi connectivity index (χ1v) is 7.09. The second kappa shape index (κ2) is 7.55. The van der Waals surface area contributed by atoms with Gasteiger partial charge in [-0.1, -0.05) is 37.3 Å². The summed E-state index contributed by atoms with van der Waals surface area (Å²) in [5.41, 5.74) is 7.41. The maximum Gasteiger partial charge on any atom is 0.0275 e. The molecule has 0 aromatic heterocycles. The molecular formula is C16H28N2. The van der Waals surface area contributed by atoms with E-state index in [2.05, 4.69) is 56.0 Å². The van der Waals surface area contributed by atoms with Gasteiger partial charge in [0.25, 0.3) is 0 Å². The van der Waals surface area contributed by atoms with Crippen molar-refractivity contribution in [2.45, 2.75) is 45.6 Å². The lowest BCUT2D eigenvalue weighted by Crippen LogP contribution is -2.49. The molecule has 0 aliphatic rings. The Balaban J connectivity index is 2.28. The summed E-state index contributed by atoms with van der Waals surface area (Å²) in [5, 5.41) is 0. The number of unbranched alkanes of at least 4 members (excludes halogenated alkanes) is 1. The van der Waals surface area contributed by atoms with E-state index < -0.39 is 0 Å². The summed E-state index contributed by atoms with van der Waals surface area (Å²) in [5.74, 6) is 0. The summed E-state index contributed by atoms with van der Waals surface area (Å²) < 4.78 is 0. The monoisotopic (exact) mass is 248 g/mol. The smallest absolute Gasteiger partial charge is 0.0275 e. The van der Waals surface area contributed by atoms with Crippen molar-refractivity contribution in [2.24, 2.45) is 5.73 Å². The van der Waals surface area contributed by atoms with Gasteiger partial charge in [-0.15, -0.1) is 0 Å². The minimum atomic E-state index is 0.126. The van der Waals surface area contributed by atoms with Gasteiger partial charge in [-0.05, 0) is 51.8 Å². The maximum atomic E-state index is 5.84. The second-order valence-electron chi connectivity index (χ2n) is 5.54. The molecule has 1 aromatic carbocycles. The zero-order chi connectivity index (χ0) is 13.4. The van der Waals surface area contributed by atoms with Crippen molar-refractivity contribution in [2.75, 3.05) is 19.6 Å². The van der Waals surface area contributed by atoms with Gasteiger partial charge in [0.15, 0.2) is 0 Å². The van der Waals surface area contributed by atoms with Crippen molar-refractivity contribution in [1.29, 1.82) is 0 Å². The third-order valence-corrected chi connectivity index (χ3v) is 3.72. The molecule has 1 rings (SSSR count). The number of benzene rings is 1. The Bertz CT molecular complexity index is 319. The van der Waals surface area contributed by atoms with Crippen LogP contribution < -0.4 is 5.73 Å². The van der Waals surface area contributed by atoms with E-state index in [1.54, 1.807) is 0 Å². The molecule has 0 saturated heterocycles. The van der Waals surface area contributed by atoms with Gasteiger partial charge in [-0.3, -0.25) is 4.90 Å². The zero-order valence-electron chi connectivity index (χ0n) is 12.2. The van der Waals surface area contributed by atoms with Gasteiger partial charge in [0.2, 0.25) is 0 Å². The maximum absolute atomic E-state index is 5.84. The second-order valence-corrected chi connectivity index (χ2v) is 5.54. The van der Waals surface area contributed by atoms with E-state index in [1.807, 2.05) is 0 Å². The summed E-state index contributed by atoms with van der Waals surface area (Å²) in [6.07, 6.45) is 3.68. The van der Waals surface area contributed by atoms with Crippen LogP contribution in [0.25, 0.3) is 0 Å². The molecular weight excluding hydrogens is 220 g/mol. The van der Waals surface area contributed by atoms with Gasteiger partial charge < -0.3 is 5.73 Å². The molecule has 102 valence electrons. The van der Waals surface area contributed by atoms with Crippen LogP contribution in [-0.4, -0.2) is 30.1 Å². The summed E-state index contributed by atoms with van der Waals surface area (Å²) in [6, 6.07) is 10.7. The number of nitrogens with zero attached hydrogens (tertiary/aromatic N) is 1. The number of aryl methyl sites for hydroxylation is 1. The average molecular weight is 248 g/mol. The molecule has 0 saturated carbocycles. The van der Waals surface area contributed by atoms with E-state index in [-0.39, 0.29) is 5.54 Å². The Hall–Kier alpha value is -0.860. The highest BCUT2D eigenvalue weighted by atomic mass is 15.2. The predicted octanol–water partition coefficient (Wildman–Crippen LogP) is 3.07. The molecule has 0 fully saturated rings. The van der Waals surface area contributed by atoms with Crippen LogP contribution in [0.4, 0.5) is 0 Å². The van der Waals surface area contributed by atoms with Gasteiger partial charge in [0.05, 0.1) is 0 Å². The quantitative estimate of drug-likeness (QED) is 0.716. The SMILES string of the molecule is CCN(CCCCc1ccccc1)C(C)(C)CN. The van der Waals surface area contributed by atoms with E-state index in [0.29, 0.717) is 0 Å². The molecule has 2 heteroatoms. The molecule has 0 unspecified atom stereocenters. The van der Waals surface area contributed by atoms with E-state index in [4.69, 9.17) is 5.73 Å². The summed E-state index contributed by atoms with van der Waals surface area (Å²) in [6.45, 7) is 9.62. The van der Waals surface area contributed by atoms with Crippen LogP contribution in [0, 0.1) is 0 Å². The molecule has 0 bridgehead atoms. The number of nitrogens with two attached hydrogens (primary N) is 1. The highest BCUT2D eigenvalue weighted by molar-refractivity contribution is 5.14. The Kier molecular flexibility index (Phi) is 6.37. The molecule has 1 aromatic rings. The lowest BCUT2D eigenvalue weighted by molar-refractivity contribution is 0.132. The molecule has 18 heavy (non-hydrogen) atoms. The van der Waals surface area contributed by atoms with Gasteiger partial charge in [-0.2, -0.15) is 0 Å². The highest BCUT2D eigenvalue weighted by Gasteiger charge is 2.22. The first kappa shape index (κ1) is 15.2. The van der Waals surface area contributed by atoms with Crippen molar-refractivity contribution in [3.63, 3.8) is 0 Å². The van der Waals surface area contributed by atoms with Gasteiger partial charge in [0.1, 0.15) is 0 Å². The van der Waals surface area contributed by atoms with E-state index in [1.165, 1.54) is 24.8 Å². The zero-order valence-corrected chi connectivity index (χ0v) is 12.2. The first-order valence-electron chi connectivity index (χ1n) is 7.09. The number of rotatable bonds is 8. The fraction of sp³-hybridized carbons (Fsp3) is 0.625. The Morgan fingerprint density at radius 3 is 2.33 bits per heavy atom. The third-order valence-electron chi connectivity index (χ3n) is 3.72. The molecule has 0 atom stereocenters. The third kappa shape index (κ3) is 4.79. The van der Waals surface area contributed by atoms with Crippen LogP contribution >= 0.6 is 0 Å². The van der Waals surface area contributed by atoms with Gasteiger partial charge in [-0.25, -0.2) is 0 Å². The van der Waals surface area contributed by atoms with Crippen LogP contribution in [-0.2, 0) is 6.42 Å². The predicted molar refractivity (Wildman–Crippen MR) is 79.8 cm³/mol. The van der Waals surface area contributed by atoms with Crippen LogP contribution in [0.2, 0.25) is 0 Å². The molecule has 0 heterocycles. The number of hydrogen-bond acceptors (Lipinski definition) is 2. The molecule has 2 nitrogen and oxygen atoms in total. The minimum Gasteiger partial charge on any atom is -0.329 e. The van der Waals surface area contributed by atoms with Crippen LogP contribution in [0.1, 0.15) is 39.2 Å². The number of hydrogen-bond donors (Lipinski definition) is 1. The summed E-state index contributed by atoms with van der Waals surface area (Å²) in [7, 11) is 0.